The number of carbonyl (C=O) groups is 4. The van der Waals surface area contributed by atoms with Crippen LogP contribution in [0.5, 0.6) is 11.5 Å². The summed E-state index contributed by atoms with van der Waals surface area (Å²) < 4.78 is 15.8. The minimum absolute atomic E-state index is 0.0324. The number of nitrogens with one attached hydrogen (secondary N) is 1. The molecule has 0 aliphatic heterocycles. The van der Waals surface area contributed by atoms with Crippen LogP contribution in [0.3, 0.4) is 0 Å². The molecule has 1 aliphatic rings. The van der Waals surface area contributed by atoms with Crippen LogP contribution in [-0.2, 0) is 14.3 Å². The number of amides is 1. The molecule has 3 aromatic rings. The zero-order valence-corrected chi connectivity index (χ0v) is 19.0. The quantitative estimate of drug-likeness (QED) is 0.368. The fourth-order valence-electron chi connectivity index (χ4n) is 3.64. The SMILES string of the molecule is CCOc1ccc(OCCC(=O)OCC(=O)Nc2ccc3c(c2)C(=O)c2ccccc2C3=O)cc1. The molecule has 35 heavy (non-hydrogen) atoms. The van der Waals surface area contributed by atoms with Crippen molar-refractivity contribution >= 4 is 29.1 Å². The van der Waals surface area contributed by atoms with Gasteiger partial charge in [0.1, 0.15) is 11.5 Å². The molecule has 8 nitrogen and oxygen atoms in total. The van der Waals surface area contributed by atoms with Crippen LogP contribution in [0, 0.1) is 0 Å². The number of ketones is 2. The van der Waals surface area contributed by atoms with Gasteiger partial charge in [0.2, 0.25) is 0 Å². The van der Waals surface area contributed by atoms with Gasteiger partial charge >= 0.3 is 5.97 Å². The number of hydrogen-bond donors (Lipinski definition) is 1. The zero-order valence-electron chi connectivity index (χ0n) is 19.0. The maximum absolute atomic E-state index is 12.8. The molecule has 178 valence electrons. The summed E-state index contributed by atoms with van der Waals surface area (Å²) in [6.45, 7) is 2.06. The number of benzene rings is 3. The van der Waals surface area contributed by atoms with Crippen LogP contribution in [-0.4, -0.2) is 43.3 Å². The average molecular weight is 473 g/mol. The fourth-order valence-corrected chi connectivity index (χ4v) is 3.64. The Hall–Kier alpha value is -4.46. The van der Waals surface area contributed by atoms with E-state index in [1.54, 1.807) is 48.5 Å². The minimum Gasteiger partial charge on any atom is -0.494 e. The first-order valence-corrected chi connectivity index (χ1v) is 11.1. The van der Waals surface area contributed by atoms with E-state index in [2.05, 4.69) is 5.32 Å². The summed E-state index contributed by atoms with van der Waals surface area (Å²) in [5.74, 6) is -0.374. The summed E-state index contributed by atoms with van der Waals surface area (Å²) in [6.07, 6.45) is -0.0324. The fraction of sp³-hybridized carbons (Fsp3) is 0.185. The number of rotatable bonds is 9. The summed E-state index contributed by atoms with van der Waals surface area (Å²) in [5.41, 5.74) is 1.51. The number of ether oxygens (including phenoxy) is 3. The van der Waals surface area contributed by atoms with Crippen LogP contribution in [0.15, 0.2) is 66.7 Å². The molecular weight excluding hydrogens is 450 g/mol. The number of carbonyl (C=O) groups excluding carboxylic acids is 4. The molecule has 3 aromatic carbocycles. The van der Waals surface area contributed by atoms with E-state index in [9.17, 15) is 19.2 Å². The predicted octanol–water partition coefficient (Wildman–Crippen LogP) is 3.81. The van der Waals surface area contributed by atoms with E-state index in [1.807, 2.05) is 6.92 Å². The van der Waals surface area contributed by atoms with Crippen LogP contribution in [0.25, 0.3) is 0 Å². The third-order valence-electron chi connectivity index (χ3n) is 5.28. The lowest BCUT2D eigenvalue weighted by Crippen LogP contribution is -2.23. The number of esters is 1. The van der Waals surface area contributed by atoms with Crippen LogP contribution >= 0.6 is 0 Å². The van der Waals surface area contributed by atoms with E-state index in [4.69, 9.17) is 14.2 Å². The monoisotopic (exact) mass is 473 g/mol. The van der Waals surface area contributed by atoms with Crippen molar-refractivity contribution < 1.29 is 33.4 Å². The van der Waals surface area contributed by atoms with Gasteiger partial charge in [0.15, 0.2) is 18.2 Å². The summed E-state index contributed by atoms with van der Waals surface area (Å²) >= 11 is 0. The Morgan fingerprint density at radius 2 is 1.37 bits per heavy atom. The molecule has 0 unspecified atom stereocenters. The first kappa shape index (κ1) is 23.7. The van der Waals surface area contributed by atoms with Gasteiger partial charge in [-0.2, -0.15) is 0 Å². The van der Waals surface area contributed by atoms with E-state index in [1.165, 1.54) is 18.2 Å². The van der Waals surface area contributed by atoms with Gasteiger partial charge in [-0.15, -0.1) is 0 Å². The molecule has 0 saturated heterocycles. The summed E-state index contributed by atoms with van der Waals surface area (Å²) in [6, 6.07) is 18.1. The summed E-state index contributed by atoms with van der Waals surface area (Å²) in [4.78, 5) is 49.6. The van der Waals surface area contributed by atoms with Crippen molar-refractivity contribution in [3.63, 3.8) is 0 Å². The molecule has 0 aromatic heterocycles. The highest BCUT2D eigenvalue weighted by atomic mass is 16.5. The van der Waals surface area contributed by atoms with Crippen LogP contribution in [0.1, 0.15) is 45.2 Å². The van der Waals surface area contributed by atoms with Crippen molar-refractivity contribution in [2.24, 2.45) is 0 Å². The largest absolute Gasteiger partial charge is 0.494 e. The second kappa shape index (κ2) is 10.6. The summed E-state index contributed by atoms with van der Waals surface area (Å²) in [7, 11) is 0. The topological polar surface area (TPSA) is 108 Å². The Bertz CT molecular complexity index is 1280. The zero-order chi connectivity index (χ0) is 24.8. The highest BCUT2D eigenvalue weighted by Crippen LogP contribution is 2.29. The number of hydrogen-bond acceptors (Lipinski definition) is 7. The molecule has 0 bridgehead atoms. The second-order valence-electron chi connectivity index (χ2n) is 7.68. The molecule has 0 saturated carbocycles. The van der Waals surface area contributed by atoms with E-state index < -0.39 is 18.5 Å². The van der Waals surface area contributed by atoms with Crippen molar-refractivity contribution in [3.05, 3.63) is 89.0 Å². The third-order valence-corrected chi connectivity index (χ3v) is 5.28. The van der Waals surface area contributed by atoms with Gasteiger partial charge in [-0.05, 0) is 49.4 Å². The van der Waals surface area contributed by atoms with Crippen LogP contribution < -0.4 is 14.8 Å². The van der Waals surface area contributed by atoms with Crippen molar-refractivity contribution in [2.45, 2.75) is 13.3 Å². The normalized spacial score (nSPS) is 11.8. The molecule has 1 amide bonds. The molecular formula is C27H23NO7. The van der Waals surface area contributed by atoms with Crippen LogP contribution in [0.4, 0.5) is 5.69 Å². The first-order valence-electron chi connectivity index (χ1n) is 11.1. The Labute approximate surface area is 201 Å². The Morgan fingerprint density at radius 3 is 2.03 bits per heavy atom. The lowest BCUT2D eigenvalue weighted by Gasteiger charge is -2.18. The van der Waals surface area contributed by atoms with E-state index in [0.29, 0.717) is 29.2 Å². The lowest BCUT2D eigenvalue weighted by molar-refractivity contribution is -0.147. The van der Waals surface area contributed by atoms with Crippen molar-refractivity contribution in [2.75, 3.05) is 25.1 Å². The van der Waals surface area contributed by atoms with Crippen LogP contribution in [0.2, 0.25) is 0 Å². The molecule has 4 rings (SSSR count). The molecule has 1 N–H and O–H groups in total. The Balaban J connectivity index is 1.25. The molecule has 0 spiro atoms. The van der Waals surface area contributed by atoms with Gasteiger partial charge in [-0.25, -0.2) is 0 Å². The maximum atomic E-state index is 12.8. The molecule has 0 radical (unpaired) electrons. The van der Waals surface area contributed by atoms with Gasteiger partial charge < -0.3 is 19.5 Å². The number of anilines is 1. The Kier molecular flexibility index (Phi) is 7.21. The van der Waals surface area contributed by atoms with E-state index in [0.717, 1.165) is 5.75 Å². The highest BCUT2D eigenvalue weighted by molar-refractivity contribution is 6.28. The average Bonchev–Trinajstić information content (AvgIpc) is 2.87. The maximum Gasteiger partial charge on any atom is 0.309 e. The van der Waals surface area contributed by atoms with Gasteiger partial charge in [-0.1, -0.05) is 24.3 Å². The molecule has 8 heteroatoms. The molecule has 0 atom stereocenters. The smallest absolute Gasteiger partial charge is 0.309 e. The third kappa shape index (κ3) is 5.55. The van der Waals surface area contributed by atoms with Gasteiger partial charge in [0, 0.05) is 27.9 Å². The Morgan fingerprint density at radius 1 is 0.771 bits per heavy atom. The minimum atomic E-state index is -0.589. The standard InChI is InChI=1S/C27H23NO7/c1-2-33-18-8-10-19(11-9-18)34-14-13-25(30)35-16-24(29)28-17-7-12-22-23(15-17)27(32)21-6-4-3-5-20(21)26(22)31/h3-12,15H,2,13-14,16H2,1H3,(H,28,29). The molecule has 0 heterocycles. The van der Waals surface area contributed by atoms with Crippen molar-refractivity contribution in [3.8, 4) is 11.5 Å². The second-order valence-corrected chi connectivity index (χ2v) is 7.68. The van der Waals surface area contributed by atoms with Gasteiger partial charge in [-0.3, -0.25) is 19.2 Å². The lowest BCUT2D eigenvalue weighted by atomic mass is 9.84. The number of fused-ring (bicyclic) bond motifs is 2. The van der Waals surface area contributed by atoms with E-state index in [-0.39, 0.29) is 35.7 Å². The first-order chi connectivity index (χ1) is 17.0. The van der Waals surface area contributed by atoms with Crippen molar-refractivity contribution in [1.29, 1.82) is 0 Å². The molecule has 0 fully saturated rings. The van der Waals surface area contributed by atoms with Gasteiger partial charge in [0.25, 0.3) is 5.91 Å². The van der Waals surface area contributed by atoms with Gasteiger partial charge in [0.05, 0.1) is 19.6 Å². The van der Waals surface area contributed by atoms with Crippen molar-refractivity contribution in [1.82, 2.24) is 0 Å². The molecule has 1 aliphatic carbocycles. The van der Waals surface area contributed by atoms with E-state index >= 15 is 0 Å². The summed E-state index contributed by atoms with van der Waals surface area (Å²) in [5, 5.41) is 2.58. The predicted molar refractivity (Wildman–Crippen MR) is 127 cm³/mol. The highest BCUT2D eigenvalue weighted by Gasteiger charge is 2.29.